The van der Waals surface area contributed by atoms with Crippen LogP contribution < -0.4 is 14.8 Å². The maximum absolute atomic E-state index is 12.5. The van der Waals surface area contributed by atoms with E-state index in [2.05, 4.69) is 5.32 Å². The molecule has 0 fully saturated rings. The second-order valence-corrected chi connectivity index (χ2v) is 7.27. The van der Waals surface area contributed by atoms with Gasteiger partial charge in [-0.3, -0.25) is 14.9 Å². The van der Waals surface area contributed by atoms with Crippen molar-refractivity contribution in [3.05, 3.63) is 62.0 Å². The molecule has 7 nitrogen and oxygen atoms in total. The molecular weight excluding hydrogens is 404 g/mol. The van der Waals surface area contributed by atoms with Crippen LogP contribution in [0.3, 0.4) is 0 Å². The van der Waals surface area contributed by atoms with Gasteiger partial charge in [0.05, 0.1) is 30.2 Å². The van der Waals surface area contributed by atoms with E-state index in [9.17, 15) is 14.9 Å². The van der Waals surface area contributed by atoms with Gasteiger partial charge in [-0.25, -0.2) is 0 Å². The summed E-state index contributed by atoms with van der Waals surface area (Å²) in [6, 6.07) is 10.4. The van der Waals surface area contributed by atoms with Crippen LogP contribution in [0, 0.1) is 10.1 Å². The molecule has 0 aliphatic heterocycles. The molecular formula is C19H17ClN2O5S. The minimum Gasteiger partial charge on any atom is -0.493 e. The Morgan fingerprint density at radius 3 is 2.54 bits per heavy atom. The average Bonchev–Trinajstić information content (AvgIpc) is 3.04. The number of amides is 1. The number of carbonyl (C=O) groups is 1. The summed E-state index contributed by atoms with van der Waals surface area (Å²) in [4.78, 5) is 23.8. The SMILES string of the molecule is COc1cc(CCNC(=O)c2sc3ccccc3c2Cl)c([N+](=O)[O-])cc1OC. The van der Waals surface area contributed by atoms with Crippen LogP contribution in [0.1, 0.15) is 15.2 Å². The number of nitrogens with one attached hydrogen (secondary N) is 1. The fourth-order valence-electron chi connectivity index (χ4n) is 2.83. The van der Waals surface area contributed by atoms with Crippen LogP contribution in [0.15, 0.2) is 36.4 Å². The Bertz CT molecular complexity index is 1050. The Labute approximate surface area is 170 Å². The van der Waals surface area contributed by atoms with E-state index in [1.165, 1.54) is 31.6 Å². The normalized spacial score (nSPS) is 10.7. The highest BCUT2D eigenvalue weighted by molar-refractivity contribution is 7.21. The van der Waals surface area contributed by atoms with Gasteiger partial charge in [0.1, 0.15) is 4.88 Å². The number of ether oxygens (including phenoxy) is 2. The van der Waals surface area contributed by atoms with Gasteiger partial charge < -0.3 is 14.8 Å². The lowest BCUT2D eigenvalue weighted by Crippen LogP contribution is -2.25. The van der Waals surface area contributed by atoms with Gasteiger partial charge in [0.2, 0.25) is 0 Å². The summed E-state index contributed by atoms with van der Waals surface area (Å²) < 4.78 is 11.2. The van der Waals surface area contributed by atoms with Gasteiger partial charge in [-0.15, -0.1) is 11.3 Å². The Hall–Kier alpha value is -2.84. The van der Waals surface area contributed by atoms with E-state index >= 15 is 0 Å². The van der Waals surface area contributed by atoms with Gasteiger partial charge in [0.15, 0.2) is 11.5 Å². The molecule has 0 aliphatic rings. The Balaban J connectivity index is 1.76. The van der Waals surface area contributed by atoms with Gasteiger partial charge in [0, 0.05) is 22.2 Å². The first kappa shape index (κ1) is 19.9. The number of carbonyl (C=O) groups excluding carboxylic acids is 1. The summed E-state index contributed by atoms with van der Waals surface area (Å²) in [7, 11) is 2.87. The van der Waals surface area contributed by atoms with E-state index in [0.717, 1.165) is 10.1 Å². The van der Waals surface area contributed by atoms with Crippen LogP contribution in [0.2, 0.25) is 5.02 Å². The molecule has 0 saturated heterocycles. The Morgan fingerprint density at radius 2 is 1.89 bits per heavy atom. The number of nitrogens with zero attached hydrogens (tertiary/aromatic N) is 1. The van der Waals surface area contributed by atoms with Gasteiger partial charge in [-0.05, 0) is 18.6 Å². The number of rotatable bonds is 7. The molecule has 2 aromatic carbocycles. The minimum absolute atomic E-state index is 0.0909. The second-order valence-electron chi connectivity index (χ2n) is 5.84. The second kappa shape index (κ2) is 8.45. The fraction of sp³-hybridized carbons (Fsp3) is 0.211. The summed E-state index contributed by atoms with van der Waals surface area (Å²) in [6.45, 7) is 0.208. The lowest BCUT2D eigenvalue weighted by atomic mass is 10.1. The highest BCUT2D eigenvalue weighted by Crippen LogP contribution is 2.36. The van der Waals surface area contributed by atoms with Gasteiger partial charge in [-0.1, -0.05) is 29.8 Å². The summed E-state index contributed by atoms with van der Waals surface area (Å²) >= 11 is 7.63. The van der Waals surface area contributed by atoms with Crippen molar-refractivity contribution in [3.63, 3.8) is 0 Å². The van der Waals surface area contributed by atoms with E-state index in [1.54, 1.807) is 6.07 Å². The molecule has 1 heterocycles. The maximum Gasteiger partial charge on any atom is 0.276 e. The summed E-state index contributed by atoms with van der Waals surface area (Å²) in [6.07, 6.45) is 0.255. The third-order valence-electron chi connectivity index (χ3n) is 4.20. The zero-order valence-electron chi connectivity index (χ0n) is 15.2. The third-order valence-corrected chi connectivity index (χ3v) is 5.88. The number of nitro benzene ring substituents is 1. The van der Waals surface area contributed by atoms with Crippen molar-refractivity contribution in [1.82, 2.24) is 5.32 Å². The first-order valence-electron chi connectivity index (χ1n) is 8.30. The summed E-state index contributed by atoms with van der Waals surface area (Å²) in [5.74, 6) is 0.357. The van der Waals surface area contributed by atoms with E-state index in [4.69, 9.17) is 21.1 Å². The molecule has 0 saturated carbocycles. The quantitative estimate of drug-likeness (QED) is 0.450. The molecule has 0 atom stereocenters. The van der Waals surface area contributed by atoms with Gasteiger partial charge >= 0.3 is 0 Å². The number of hydrogen-bond acceptors (Lipinski definition) is 6. The highest BCUT2D eigenvalue weighted by atomic mass is 35.5. The zero-order valence-corrected chi connectivity index (χ0v) is 16.7. The van der Waals surface area contributed by atoms with Crippen LogP contribution in [0.5, 0.6) is 11.5 Å². The van der Waals surface area contributed by atoms with Crippen molar-refractivity contribution < 1.29 is 19.2 Å². The molecule has 3 aromatic rings. The minimum atomic E-state index is -0.484. The zero-order chi connectivity index (χ0) is 20.3. The summed E-state index contributed by atoms with van der Waals surface area (Å²) in [5, 5.41) is 15.4. The van der Waals surface area contributed by atoms with Crippen molar-refractivity contribution in [3.8, 4) is 11.5 Å². The fourth-order valence-corrected chi connectivity index (χ4v) is 4.26. The molecule has 0 spiro atoms. The van der Waals surface area contributed by atoms with Crippen molar-refractivity contribution in [2.45, 2.75) is 6.42 Å². The molecule has 28 heavy (non-hydrogen) atoms. The molecule has 3 rings (SSSR count). The number of nitro groups is 1. The molecule has 0 aliphatic carbocycles. The third kappa shape index (κ3) is 3.88. The molecule has 9 heteroatoms. The largest absolute Gasteiger partial charge is 0.493 e. The first-order valence-corrected chi connectivity index (χ1v) is 9.50. The van der Waals surface area contributed by atoms with Crippen LogP contribution in [-0.2, 0) is 6.42 Å². The number of methoxy groups -OCH3 is 2. The monoisotopic (exact) mass is 420 g/mol. The topological polar surface area (TPSA) is 90.7 Å². The van der Waals surface area contributed by atoms with Crippen molar-refractivity contribution in [1.29, 1.82) is 0 Å². The van der Waals surface area contributed by atoms with E-state index in [1.807, 2.05) is 24.3 Å². The van der Waals surface area contributed by atoms with Crippen LogP contribution in [0.4, 0.5) is 5.69 Å². The number of benzene rings is 2. The number of halogens is 1. The molecule has 146 valence electrons. The van der Waals surface area contributed by atoms with Crippen LogP contribution >= 0.6 is 22.9 Å². The molecule has 1 N–H and O–H groups in total. The predicted octanol–water partition coefficient (Wildman–Crippen LogP) is 4.45. The molecule has 1 aromatic heterocycles. The van der Waals surface area contributed by atoms with E-state index in [-0.39, 0.29) is 30.3 Å². The van der Waals surface area contributed by atoms with Gasteiger partial charge in [-0.2, -0.15) is 0 Å². The number of thiophene rings is 1. The highest BCUT2D eigenvalue weighted by Gasteiger charge is 2.20. The average molecular weight is 421 g/mol. The lowest BCUT2D eigenvalue weighted by Gasteiger charge is -2.11. The van der Waals surface area contributed by atoms with E-state index in [0.29, 0.717) is 21.2 Å². The smallest absolute Gasteiger partial charge is 0.276 e. The van der Waals surface area contributed by atoms with Crippen molar-refractivity contribution in [2.24, 2.45) is 0 Å². The van der Waals surface area contributed by atoms with Crippen molar-refractivity contribution in [2.75, 3.05) is 20.8 Å². The number of hydrogen-bond donors (Lipinski definition) is 1. The maximum atomic E-state index is 12.5. The predicted molar refractivity (Wildman–Crippen MR) is 109 cm³/mol. The van der Waals surface area contributed by atoms with Gasteiger partial charge in [0.25, 0.3) is 11.6 Å². The van der Waals surface area contributed by atoms with Crippen LogP contribution in [-0.4, -0.2) is 31.6 Å². The molecule has 0 unspecified atom stereocenters. The number of fused-ring (bicyclic) bond motifs is 1. The first-order chi connectivity index (χ1) is 13.5. The lowest BCUT2D eigenvalue weighted by molar-refractivity contribution is -0.385. The standard InChI is InChI=1S/C19H17ClN2O5S/c1-26-14-9-11(13(22(24)25)10-15(14)27-2)7-8-21-19(23)18-17(20)12-5-3-4-6-16(12)28-18/h3-6,9-10H,7-8H2,1-2H3,(H,21,23). The molecule has 0 radical (unpaired) electrons. The Morgan fingerprint density at radius 1 is 1.21 bits per heavy atom. The molecule has 0 bridgehead atoms. The van der Waals surface area contributed by atoms with Crippen LogP contribution in [0.25, 0.3) is 10.1 Å². The van der Waals surface area contributed by atoms with Crippen molar-refractivity contribution >= 4 is 44.6 Å². The molecule has 1 amide bonds. The summed E-state index contributed by atoms with van der Waals surface area (Å²) in [5.41, 5.74) is 0.345. The van der Waals surface area contributed by atoms with E-state index < -0.39 is 4.92 Å². The Kier molecular flexibility index (Phi) is 6.01.